The molecule has 0 spiro atoms. The molecule has 0 bridgehead atoms. The predicted octanol–water partition coefficient (Wildman–Crippen LogP) is 3.74. The van der Waals surface area contributed by atoms with Crippen molar-refractivity contribution in [2.24, 2.45) is 5.92 Å². The molecule has 3 aromatic heterocycles. The highest BCUT2D eigenvalue weighted by Gasteiger charge is 2.17. The van der Waals surface area contributed by atoms with Crippen molar-refractivity contribution in [1.82, 2.24) is 19.6 Å². The van der Waals surface area contributed by atoms with Gasteiger partial charge in [-0.3, -0.25) is 9.89 Å². The fraction of sp³-hybridized carbons (Fsp3) is 0.421. The van der Waals surface area contributed by atoms with E-state index in [2.05, 4.69) is 20.5 Å². The minimum Gasteiger partial charge on any atom is -0.304 e. The second-order valence-corrected chi connectivity index (χ2v) is 6.96. The van der Waals surface area contributed by atoms with E-state index in [0.717, 1.165) is 29.4 Å². The molecule has 0 radical (unpaired) electrons. The Morgan fingerprint density at radius 2 is 2.16 bits per heavy atom. The van der Waals surface area contributed by atoms with Crippen molar-refractivity contribution in [1.29, 1.82) is 0 Å². The van der Waals surface area contributed by atoms with Gasteiger partial charge in [0.15, 0.2) is 5.82 Å². The summed E-state index contributed by atoms with van der Waals surface area (Å²) < 4.78 is 1.91. The van der Waals surface area contributed by atoms with Crippen molar-refractivity contribution in [3.05, 3.63) is 47.5 Å². The van der Waals surface area contributed by atoms with E-state index in [0.29, 0.717) is 11.5 Å². The van der Waals surface area contributed by atoms with Gasteiger partial charge in [-0.25, -0.2) is 4.98 Å². The molecule has 1 aliphatic carbocycles. The van der Waals surface area contributed by atoms with Crippen LogP contribution in [-0.4, -0.2) is 25.5 Å². The number of hydrogen-bond acceptors (Lipinski definition) is 3. The highest BCUT2D eigenvalue weighted by atomic mass is 16.2. The van der Waals surface area contributed by atoms with Crippen LogP contribution in [0.15, 0.2) is 30.5 Å². The summed E-state index contributed by atoms with van der Waals surface area (Å²) in [5, 5.41) is 10.1. The topological polar surface area (TPSA) is 75.1 Å². The van der Waals surface area contributed by atoms with E-state index in [1.807, 2.05) is 35.6 Å². The first kappa shape index (κ1) is 15.9. The SMILES string of the molecule is Cc1cccc2nc(C(=O)Nc3cc(CC4CCCCC4)[nH]n3)cn12. The molecule has 1 fully saturated rings. The van der Waals surface area contributed by atoms with E-state index in [-0.39, 0.29) is 5.91 Å². The molecular weight excluding hydrogens is 314 g/mol. The molecule has 0 saturated heterocycles. The van der Waals surface area contributed by atoms with Crippen molar-refractivity contribution in [2.75, 3.05) is 5.32 Å². The maximum absolute atomic E-state index is 12.5. The van der Waals surface area contributed by atoms with Crippen LogP contribution in [0, 0.1) is 12.8 Å². The number of carbonyl (C=O) groups is 1. The number of carbonyl (C=O) groups excluding carboxylic acids is 1. The summed E-state index contributed by atoms with van der Waals surface area (Å²) >= 11 is 0. The Labute approximate surface area is 146 Å². The Morgan fingerprint density at radius 1 is 1.32 bits per heavy atom. The number of aromatic nitrogens is 4. The van der Waals surface area contributed by atoms with E-state index >= 15 is 0 Å². The smallest absolute Gasteiger partial charge is 0.277 e. The molecule has 3 aromatic rings. The lowest BCUT2D eigenvalue weighted by Crippen LogP contribution is -2.12. The van der Waals surface area contributed by atoms with Crippen LogP contribution < -0.4 is 5.32 Å². The van der Waals surface area contributed by atoms with E-state index in [1.165, 1.54) is 32.1 Å². The number of nitrogens with one attached hydrogen (secondary N) is 2. The molecule has 130 valence electrons. The van der Waals surface area contributed by atoms with Gasteiger partial charge in [0.2, 0.25) is 0 Å². The number of aromatic amines is 1. The van der Waals surface area contributed by atoms with Crippen molar-refractivity contribution >= 4 is 17.4 Å². The predicted molar refractivity (Wildman–Crippen MR) is 96.7 cm³/mol. The van der Waals surface area contributed by atoms with Crippen molar-refractivity contribution in [2.45, 2.75) is 45.4 Å². The Bertz CT molecular complexity index is 888. The first-order valence-electron chi connectivity index (χ1n) is 8.99. The molecule has 2 N–H and O–H groups in total. The number of H-pyrrole nitrogens is 1. The third-order valence-electron chi connectivity index (χ3n) is 5.03. The summed E-state index contributed by atoms with van der Waals surface area (Å²) in [5.41, 5.74) is 3.29. The van der Waals surface area contributed by atoms with Gasteiger partial charge in [-0.05, 0) is 31.4 Å². The lowest BCUT2D eigenvalue weighted by Gasteiger charge is -2.20. The minimum atomic E-state index is -0.237. The summed E-state index contributed by atoms with van der Waals surface area (Å²) in [6, 6.07) is 7.75. The highest BCUT2D eigenvalue weighted by molar-refractivity contribution is 6.02. The zero-order valence-electron chi connectivity index (χ0n) is 14.5. The molecular formula is C19H23N5O. The number of nitrogens with zero attached hydrogens (tertiary/aromatic N) is 3. The van der Waals surface area contributed by atoms with Crippen LogP contribution in [0.3, 0.4) is 0 Å². The summed E-state index contributed by atoms with van der Waals surface area (Å²) in [6.45, 7) is 1.99. The maximum Gasteiger partial charge on any atom is 0.277 e. The Kier molecular flexibility index (Phi) is 4.26. The Balaban J connectivity index is 1.44. The second-order valence-electron chi connectivity index (χ2n) is 6.96. The van der Waals surface area contributed by atoms with E-state index < -0.39 is 0 Å². The molecule has 6 heteroatoms. The quantitative estimate of drug-likeness (QED) is 0.761. The molecule has 1 amide bonds. The van der Waals surface area contributed by atoms with Gasteiger partial charge in [-0.15, -0.1) is 0 Å². The molecule has 1 aliphatic rings. The van der Waals surface area contributed by atoms with Gasteiger partial charge in [0.05, 0.1) is 0 Å². The summed E-state index contributed by atoms with van der Waals surface area (Å²) in [6.07, 6.45) is 9.37. The molecule has 6 nitrogen and oxygen atoms in total. The van der Waals surface area contributed by atoms with Gasteiger partial charge < -0.3 is 9.72 Å². The number of aryl methyl sites for hydroxylation is 1. The number of pyridine rings is 1. The number of hydrogen-bond donors (Lipinski definition) is 2. The minimum absolute atomic E-state index is 0.237. The number of fused-ring (bicyclic) bond motifs is 1. The largest absolute Gasteiger partial charge is 0.304 e. The van der Waals surface area contributed by atoms with Crippen LogP contribution in [0.1, 0.15) is 54.0 Å². The molecule has 0 aromatic carbocycles. The molecule has 4 rings (SSSR count). The first-order chi connectivity index (χ1) is 12.2. The standard InChI is InChI=1S/C19H23N5O/c1-13-6-5-9-18-20-16(12-24(13)18)19(25)21-17-11-15(22-23-17)10-14-7-3-2-4-8-14/h5-6,9,11-12,14H,2-4,7-8,10H2,1H3,(H2,21,22,23,25). The molecule has 25 heavy (non-hydrogen) atoms. The number of anilines is 1. The molecule has 3 heterocycles. The molecule has 0 atom stereocenters. The van der Waals surface area contributed by atoms with E-state index in [9.17, 15) is 4.79 Å². The third-order valence-corrected chi connectivity index (χ3v) is 5.03. The fourth-order valence-electron chi connectivity index (χ4n) is 3.67. The van der Waals surface area contributed by atoms with Gasteiger partial charge in [0, 0.05) is 23.7 Å². The van der Waals surface area contributed by atoms with Crippen molar-refractivity contribution < 1.29 is 4.79 Å². The number of rotatable bonds is 4. The zero-order chi connectivity index (χ0) is 17.2. The van der Waals surface area contributed by atoms with Gasteiger partial charge in [-0.2, -0.15) is 5.10 Å². The zero-order valence-corrected chi connectivity index (χ0v) is 14.5. The number of amides is 1. The van der Waals surface area contributed by atoms with E-state index in [4.69, 9.17) is 0 Å². The number of imidazole rings is 1. The average Bonchev–Trinajstić information content (AvgIpc) is 3.23. The molecule has 0 unspecified atom stereocenters. The lowest BCUT2D eigenvalue weighted by atomic mass is 9.86. The molecule has 1 saturated carbocycles. The van der Waals surface area contributed by atoms with Crippen LogP contribution in [-0.2, 0) is 6.42 Å². The van der Waals surface area contributed by atoms with Crippen LogP contribution in [0.25, 0.3) is 5.65 Å². The summed E-state index contributed by atoms with van der Waals surface area (Å²) in [7, 11) is 0. The van der Waals surface area contributed by atoms with Crippen LogP contribution >= 0.6 is 0 Å². The van der Waals surface area contributed by atoms with Crippen LogP contribution in [0.5, 0.6) is 0 Å². The van der Waals surface area contributed by atoms with Crippen LogP contribution in [0.4, 0.5) is 5.82 Å². The summed E-state index contributed by atoms with van der Waals surface area (Å²) in [5.74, 6) is 1.06. The van der Waals surface area contributed by atoms with Crippen molar-refractivity contribution in [3.8, 4) is 0 Å². The van der Waals surface area contributed by atoms with Gasteiger partial charge in [0.25, 0.3) is 5.91 Å². The van der Waals surface area contributed by atoms with Gasteiger partial charge in [-0.1, -0.05) is 38.2 Å². The Morgan fingerprint density at radius 3 is 2.96 bits per heavy atom. The van der Waals surface area contributed by atoms with Gasteiger partial charge >= 0.3 is 0 Å². The summed E-state index contributed by atoms with van der Waals surface area (Å²) in [4.78, 5) is 16.8. The third kappa shape index (κ3) is 3.43. The highest BCUT2D eigenvalue weighted by Crippen LogP contribution is 2.26. The monoisotopic (exact) mass is 337 g/mol. The molecule has 0 aliphatic heterocycles. The second kappa shape index (κ2) is 6.70. The normalized spacial score (nSPS) is 15.6. The van der Waals surface area contributed by atoms with Crippen LogP contribution in [0.2, 0.25) is 0 Å². The fourth-order valence-corrected chi connectivity index (χ4v) is 3.67. The van der Waals surface area contributed by atoms with E-state index in [1.54, 1.807) is 6.20 Å². The lowest BCUT2D eigenvalue weighted by molar-refractivity contribution is 0.102. The van der Waals surface area contributed by atoms with Crippen molar-refractivity contribution in [3.63, 3.8) is 0 Å². The Hall–Kier alpha value is -2.63. The average molecular weight is 337 g/mol. The first-order valence-corrected chi connectivity index (χ1v) is 8.99. The maximum atomic E-state index is 12.5. The van der Waals surface area contributed by atoms with Gasteiger partial charge in [0.1, 0.15) is 11.3 Å².